The average molecular weight is 395 g/mol. The Balaban J connectivity index is 1.93. The van der Waals surface area contributed by atoms with E-state index in [2.05, 4.69) is 9.97 Å². The Hall–Kier alpha value is -3.32. The van der Waals surface area contributed by atoms with Gasteiger partial charge in [0.25, 0.3) is 0 Å². The van der Waals surface area contributed by atoms with Crippen LogP contribution in [0.2, 0.25) is 0 Å². The monoisotopic (exact) mass is 395 g/mol. The number of aliphatic hydroxyl groups excluding tert-OH is 1. The molecule has 2 aromatic carbocycles. The van der Waals surface area contributed by atoms with E-state index in [1.54, 1.807) is 27.4 Å². The summed E-state index contributed by atoms with van der Waals surface area (Å²) in [6, 6.07) is 17.3. The molecule has 0 aliphatic heterocycles. The first-order valence-corrected chi connectivity index (χ1v) is 9.18. The minimum Gasteiger partial charge on any atom is -0.497 e. The van der Waals surface area contributed by atoms with Crippen molar-refractivity contribution in [2.45, 2.75) is 19.7 Å². The number of aliphatic hydroxyl groups is 1. The Kier molecular flexibility index (Phi) is 6.86. The van der Waals surface area contributed by atoms with Crippen molar-refractivity contribution in [3.8, 4) is 17.4 Å². The standard InChI is InChI=1S/C22H25N3O4/c1-27-19-8-4-16(5-9-19)13-25(14-17-6-10-20(28-2)11-7-17)22-23-18(15-26)12-21(24-22)29-3/h4-12,26H,13-15H2,1-3H3. The summed E-state index contributed by atoms with van der Waals surface area (Å²) in [6.07, 6.45) is 0. The number of anilines is 1. The van der Waals surface area contributed by atoms with Gasteiger partial charge in [0.05, 0.1) is 33.6 Å². The van der Waals surface area contributed by atoms with Gasteiger partial charge < -0.3 is 24.2 Å². The second kappa shape index (κ2) is 9.75. The maximum absolute atomic E-state index is 9.57. The SMILES string of the molecule is COc1ccc(CN(Cc2ccc(OC)cc2)c2nc(CO)cc(OC)n2)cc1. The maximum Gasteiger partial charge on any atom is 0.229 e. The molecule has 0 unspecified atom stereocenters. The van der Waals surface area contributed by atoms with Crippen molar-refractivity contribution < 1.29 is 19.3 Å². The summed E-state index contributed by atoms with van der Waals surface area (Å²) in [5, 5.41) is 9.57. The number of ether oxygens (including phenoxy) is 3. The van der Waals surface area contributed by atoms with Gasteiger partial charge in [0, 0.05) is 19.2 Å². The van der Waals surface area contributed by atoms with Crippen molar-refractivity contribution in [2.75, 3.05) is 26.2 Å². The molecule has 0 aliphatic carbocycles. The van der Waals surface area contributed by atoms with Gasteiger partial charge >= 0.3 is 0 Å². The van der Waals surface area contributed by atoms with Crippen molar-refractivity contribution >= 4 is 5.95 Å². The molecule has 0 spiro atoms. The molecular formula is C22H25N3O4. The summed E-state index contributed by atoms with van der Waals surface area (Å²) >= 11 is 0. The number of hydrogen-bond donors (Lipinski definition) is 1. The normalized spacial score (nSPS) is 10.5. The lowest BCUT2D eigenvalue weighted by Gasteiger charge is -2.24. The van der Waals surface area contributed by atoms with E-state index in [-0.39, 0.29) is 6.61 Å². The van der Waals surface area contributed by atoms with Gasteiger partial charge in [0.15, 0.2) is 0 Å². The van der Waals surface area contributed by atoms with E-state index < -0.39 is 0 Å². The van der Waals surface area contributed by atoms with Gasteiger partial charge in [0.1, 0.15) is 11.5 Å². The molecule has 3 aromatic rings. The third-order valence-corrected chi connectivity index (χ3v) is 4.46. The second-order valence-electron chi connectivity index (χ2n) is 6.41. The van der Waals surface area contributed by atoms with Crippen molar-refractivity contribution in [1.82, 2.24) is 9.97 Å². The summed E-state index contributed by atoms with van der Waals surface area (Å²) in [5.74, 6) is 2.50. The third-order valence-electron chi connectivity index (χ3n) is 4.46. The van der Waals surface area contributed by atoms with E-state index in [4.69, 9.17) is 14.2 Å². The molecule has 0 amide bonds. The van der Waals surface area contributed by atoms with Crippen LogP contribution in [0.25, 0.3) is 0 Å². The fraction of sp³-hybridized carbons (Fsp3) is 0.273. The van der Waals surface area contributed by atoms with Crippen LogP contribution in [0, 0.1) is 0 Å². The molecule has 3 rings (SSSR count). The molecule has 1 heterocycles. The number of methoxy groups -OCH3 is 3. The van der Waals surface area contributed by atoms with Gasteiger partial charge in [0.2, 0.25) is 11.8 Å². The highest BCUT2D eigenvalue weighted by Crippen LogP contribution is 2.22. The van der Waals surface area contributed by atoms with Crippen LogP contribution in [0.4, 0.5) is 5.95 Å². The molecule has 0 fully saturated rings. The largest absolute Gasteiger partial charge is 0.497 e. The Bertz CT molecular complexity index is 843. The average Bonchev–Trinajstić information content (AvgIpc) is 2.79. The lowest BCUT2D eigenvalue weighted by molar-refractivity contribution is 0.275. The summed E-state index contributed by atoms with van der Waals surface area (Å²) in [6.45, 7) is 0.965. The Labute approximate surface area is 170 Å². The summed E-state index contributed by atoms with van der Waals surface area (Å²) in [4.78, 5) is 11.0. The first-order valence-electron chi connectivity index (χ1n) is 9.18. The highest BCUT2D eigenvalue weighted by atomic mass is 16.5. The lowest BCUT2D eigenvalue weighted by atomic mass is 10.1. The van der Waals surface area contributed by atoms with Crippen molar-refractivity contribution in [1.29, 1.82) is 0 Å². The van der Waals surface area contributed by atoms with E-state index in [0.29, 0.717) is 30.6 Å². The molecule has 0 aliphatic rings. The molecule has 7 nitrogen and oxygen atoms in total. The minimum absolute atomic E-state index is 0.190. The predicted octanol–water partition coefficient (Wildman–Crippen LogP) is 3.20. The van der Waals surface area contributed by atoms with E-state index in [1.165, 1.54) is 0 Å². The zero-order valence-electron chi connectivity index (χ0n) is 16.8. The molecule has 29 heavy (non-hydrogen) atoms. The highest BCUT2D eigenvalue weighted by molar-refractivity contribution is 5.39. The fourth-order valence-corrected chi connectivity index (χ4v) is 2.89. The van der Waals surface area contributed by atoms with Crippen LogP contribution in [0.5, 0.6) is 17.4 Å². The van der Waals surface area contributed by atoms with Crippen LogP contribution in [0.3, 0.4) is 0 Å². The molecule has 1 N–H and O–H groups in total. The van der Waals surface area contributed by atoms with Crippen molar-refractivity contribution in [3.05, 3.63) is 71.4 Å². The Morgan fingerprint density at radius 1 is 0.759 bits per heavy atom. The summed E-state index contributed by atoms with van der Waals surface area (Å²) in [7, 11) is 4.83. The van der Waals surface area contributed by atoms with Crippen LogP contribution in [-0.2, 0) is 19.7 Å². The zero-order chi connectivity index (χ0) is 20.6. The van der Waals surface area contributed by atoms with Crippen LogP contribution < -0.4 is 19.1 Å². The molecule has 0 atom stereocenters. The van der Waals surface area contributed by atoms with Gasteiger partial charge in [-0.2, -0.15) is 4.98 Å². The molecule has 0 radical (unpaired) electrons. The molecular weight excluding hydrogens is 370 g/mol. The van der Waals surface area contributed by atoms with Crippen LogP contribution in [0.1, 0.15) is 16.8 Å². The van der Waals surface area contributed by atoms with E-state index in [0.717, 1.165) is 22.6 Å². The zero-order valence-corrected chi connectivity index (χ0v) is 16.8. The molecule has 7 heteroatoms. The number of rotatable bonds is 9. The van der Waals surface area contributed by atoms with Gasteiger partial charge in [-0.25, -0.2) is 4.98 Å². The first kappa shape index (κ1) is 20.4. The quantitative estimate of drug-likeness (QED) is 0.596. The van der Waals surface area contributed by atoms with Crippen LogP contribution in [-0.4, -0.2) is 36.4 Å². The lowest BCUT2D eigenvalue weighted by Crippen LogP contribution is -2.25. The fourth-order valence-electron chi connectivity index (χ4n) is 2.89. The maximum atomic E-state index is 9.57. The third kappa shape index (κ3) is 5.36. The summed E-state index contributed by atoms with van der Waals surface area (Å²) in [5.41, 5.74) is 2.66. The Morgan fingerprint density at radius 3 is 1.69 bits per heavy atom. The van der Waals surface area contributed by atoms with E-state index in [9.17, 15) is 5.11 Å². The summed E-state index contributed by atoms with van der Waals surface area (Å²) < 4.78 is 15.8. The number of nitrogens with zero attached hydrogens (tertiary/aromatic N) is 3. The van der Waals surface area contributed by atoms with E-state index >= 15 is 0 Å². The molecule has 0 bridgehead atoms. The topological polar surface area (TPSA) is 76.9 Å². The minimum atomic E-state index is -0.190. The molecule has 152 valence electrons. The molecule has 0 saturated heterocycles. The first-order chi connectivity index (χ1) is 14.1. The number of aromatic nitrogens is 2. The highest BCUT2D eigenvalue weighted by Gasteiger charge is 2.15. The number of benzene rings is 2. The number of hydrogen-bond acceptors (Lipinski definition) is 7. The van der Waals surface area contributed by atoms with Crippen LogP contribution >= 0.6 is 0 Å². The van der Waals surface area contributed by atoms with Crippen molar-refractivity contribution in [2.24, 2.45) is 0 Å². The smallest absolute Gasteiger partial charge is 0.229 e. The van der Waals surface area contributed by atoms with Gasteiger partial charge in [-0.15, -0.1) is 0 Å². The molecule has 1 aromatic heterocycles. The van der Waals surface area contributed by atoms with E-state index in [1.807, 2.05) is 53.4 Å². The Morgan fingerprint density at radius 2 is 1.28 bits per heavy atom. The second-order valence-corrected chi connectivity index (χ2v) is 6.41. The molecule has 0 saturated carbocycles. The van der Waals surface area contributed by atoms with Gasteiger partial charge in [-0.05, 0) is 35.4 Å². The van der Waals surface area contributed by atoms with Gasteiger partial charge in [-0.1, -0.05) is 24.3 Å². The van der Waals surface area contributed by atoms with Crippen molar-refractivity contribution in [3.63, 3.8) is 0 Å². The predicted molar refractivity (Wildman–Crippen MR) is 110 cm³/mol. The van der Waals surface area contributed by atoms with Gasteiger partial charge in [-0.3, -0.25) is 0 Å². The van der Waals surface area contributed by atoms with Crippen LogP contribution in [0.15, 0.2) is 54.6 Å².